The van der Waals surface area contributed by atoms with Crippen LogP contribution in [0.25, 0.3) is 0 Å². The molecule has 0 amide bonds. The van der Waals surface area contributed by atoms with Crippen molar-refractivity contribution in [2.24, 2.45) is 0 Å². The minimum absolute atomic E-state index is 0.302. The topological polar surface area (TPSA) is 171 Å². The Morgan fingerprint density at radius 3 is 2.40 bits per heavy atom. The highest BCUT2D eigenvalue weighted by Crippen LogP contribution is 2.40. The molecule has 0 aromatic carbocycles. The molecule has 0 radical (unpaired) electrons. The number of carboxylic acid groups (broad SMARTS) is 2. The first-order valence-electron chi connectivity index (χ1n) is 5.29. The lowest BCUT2D eigenvalue weighted by atomic mass is 9.92. The molecule has 11 heteroatoms. The normalized spacial score (nSPS) is 26.9. The number of hydrogen-bond donors (Lipinski definition) is 5. The summed E-state index contributed by atoms with van der Waals surface area (Å²) in [5.41, 5.74) is -0.302. The summed E-state index contributed by atoms with van der Waals surface area (Å²) in [6, 6.07) is 0. The van der Waals surface area contributed by atoms with Gasteiger partial charge < -0.3 is 29.8 Å². The zero-order valence-electron chi connectivity index (χ0n) is 9.95. The maximum absolute atomic E-state index is 10.9. The van der Waals surface area contributed by atoms with Gasteiger partial charge in [0.05, 0.1) is 6.10 Å². The summed E-state index contributed by atoms with van der Waals surface area (Å²) < 4.78 is 19.8. The van der Waals surface area contributed by atoms with E-state index in [1.54, 1.807) is 0 Å². The molecule has 0 saturated heterocycles. The van der Waals surface area contributed by atoms with Crippen LogP contribution in [0.5, 0.6) is 0 Å². The number of aliphatic hydroxyl groups is 1. The van der Waals surface area contributed by atoms with E-state index in [0.717, 1.165) is 6.08 Å². The standard InChI is InChI=1S/C9H13O10P/c10-7(11)3-18-5-1-4(9(13)14)2-6(8(5)12)19-20(15,16)17/h2,5-6,8,12H,1,3H2,(H,10,11)(H,13,14)(H2,15,16,17)/t5-,6-,8+/m1/s1. The third-order valence-electron chi connectivity index (χ3n) is 2.46. The summed E-state index contributed by atoms with van der Waals surface area (Å²) in [4.78, 5) is 38.6. The van der Waals surface area contributed by atoms with Crippen molar-refractivity contribution in [1.29, 1.82) is 0 Å². The molecule has 1 rings (SSSR count). The molecule has 1 aliphatic rings. The van der Waals surface area contributed by atoms with Gasteiger partial charge >= 0.3 is 19.8 Å². The Kier molecular flexibility index (Phi) is 5.40. The van der Waals surface area contributed by atoms with Gasteiger partial charge in [0.1, 0.15) is 18.8 Å². The van der Waals surface area contributed by atoms with Crippen molar-refractivity contribution >= 4 is 19.8 Å². The van der Waals surface area contributed by atoms with Gasteiger partial charge in [0.2, 0.25) is 0 Å². The average Bonchev–Trinajstić information content (AvgIpc) is 2.27. The van der Waals surface area contributed by atoms with E-state index < -0.39 is 44.7 Å². The Balaban J connectivity index is 2.91. The maximum atomic E-state index is 10.9. The van der Waals surface area contributed by atoms with Crippen LogP contribution >= 0.6 is 7.82 Å². The van der Waals surface area contributed by atoms with Crippen molar-refractivity contribution < 1.29 is 48.5 Å². The number of phosphoric acid groups is 1. The second kappa shape index (κ2) is 6.44. The quantitative estimate of drug-likeness (QED) is 0.371. The van der Waals surface area contributed by atoms with Gasteiger partial charge in [-0.15, -0.1) is 0 Å². The molecule has 5 N–H and O–H groups in total. The zero-order valence-corrected chi connectivity index (χ0v) is 10.8. The van der Waals surface area contributed by atoms with E-state index in [1.807, 2.05) is 0 Å². The van der Waals surface area contributed by atoms with Crippen molar-refractivity contribution in [1.82, 2.24) is 0 Å². The molecule has 1 aliphatic carbocycles. The van der Waals surface area contributed by atoms with E-state index in [0.29, 0.717) is 0 Å². The number of aliphatic carboxylic acids is 2. The van der Waals surface area contributed by atoms with Crippen LogP contribution in [0.1, 0.15) is 6.42 Å². The van der Waals surface area contributed by atoms with Gasteiger partial charge in [-0.3, -0.25) is 4.52 Å². The average molecular weight is 312 g/mol. The van der Waals surface area contributed by atoms with Crippen LogP contribution in [0.4, 0.5) is 0 Å². The lowest BCUT2D eigenvalue weighted by Gasteiger charge is -2.32. The van der Waals surface area contributed by atoms with Crippen LogP contribution in [0.3, 0.4) is 0 Å². The highest BCUT2D eigenvalue weighted by molar-refractivity contribution is 7.46. The summed E-state index contributed by atoms with van der Waals surface area (Å²) in [6.45, 7) is -0.794. The fraction of sp³-hybridized carbons (Fsp3) is 0.556. The number of ether oxygens (including phenoxy) is 1. The monoisotopic (exact) mass is 312 g/mol. The van der Waals surface area contributed by atoms with Crippen LogP contribution in [0, 0.1) is 0 Å². The molecule has 3 atom stereocenters. The lowest BCUT2D eigenvalue weighted by Crippen LogP contribution is -2.44. The molecule has 0 saturated carbocycles. The number of hydrogen-bond acceptors (Lipinski definition) is 6. The predicted molar refractivity (Wildman–Crippen MR) is 60.6 cm³/mol. The molecular formula is C9H13O10P. The van der Waals surface area contributed by atoms with Gasteiger partial charge in [0.25, 0.3) is 0 Å². The molecule has 0 aromatic rings. The number of carbonyl (C=O) groups is 2. The third-order valence-corrected chi connectivity index (χ3v) is 2.98. The molecule has 10 nitrogen and oxygen atoms in total. The smallest absolute Gasteiger partial charge is 0.470 e. The van der Waals surface area contributed by atoms with Crippen molar-refractivity contribution in [2.75, 3.05) is 6.61 Å². The number of rotatable bonds is 6. The van der Waals surface area contributed by atoms with Crippen LogP contribution in [0.15, 0.2) is 11.6 Å². The summed E-state index contributed by atoms with van der Waals surface area (Å²) in [6.07, 6.45) is -3.95. The second-order valence-corrected chi connectivity index (χ2v) is 5.19. The number of carboxylic acids is 2. The van der Waals surface area contributed by atoms with Crippen LogP contribution < -0.4 is 0 Å². The first-order valence-corrected chi connectivity index (χ1v) is 6.82. The minimum Gasteiger partial charge on any atom is -0.480 e. The Morgan fingerprint density at radius 2 is 1.95 bits per heavy atom. The molecular weight excluding hydrogens is 299 g/mol. The number of phosphoric ester groups is 1. The van der Waals surface area contributed by atoms with Crippen LogP contribution in [-0.4, -0.2) is 62.0 Å². The molecule has 20 heavy (non-hydrogen) atoms. The molecule has 0 heterocycles. The number of aliphatic hydroxyl groups excluding tert-OH is 1. The van der Waals surface area contributed by atoms with E-state index in [1.165, 1.54) is 0 Å². The minimum atomic E-state index is -4.96. The summed E-state index contributed by atoms with van der Waals surface area (Å²) in [5, 5.41) is 27.1. The van der Waals surface area contributed by atoms with Gasteiger partial charge in [-0.25, -0.2) is 14.2 Å². The molecule has 0 unspecified atom stereocenters. The first kappa shape index (κ1) is 16.8. The highest BCUT2D eigenvalue weighted by Gasteiger charge is 2.38. The van der Waals surface area contributed by atoms with Gasteiger partial charge in [0.15, 0.2) is 0 Å². The molecule has 0 aromatic heterocycles. The maximum Gasteiger partial charge on any atom is 0.470 e. The van der Waals surface area contributed by atoms with E-state index in [2.05, 4.69) is 4.52 Å². The lowest BCUT2D eigenvalue weighted by molar-refractivity contribution is -0.150. The van der Waals surface area contributed by atoms with Crippen molar-refractivity contribution in [3.63, 3.8) is 0 Å². The Bertz CT molecular complexity index is 465. The van der Waals surface area contributed by atoms with E-state index >= 15 is 0 Å². The Morgan fingerprint density at radius 1 is 1.35 bits per heavy atom. The highest BCUT2D eigenvalue weighted by atomic mass is 31.2. The fourth-order valence-electron chi connectivity index (χ4n) is 1.66. The molecule has 0 spiro atoms. The molecule has 0 bridgehead atoms. The zero-order chi connectivity index (χ0) is 15.5. The summed E-state index contributed by atoms with van der Waals surface area (Å²) in [5.74, 6) is -2.73. The van der Waals surface area contributed by atoms with E-state index in [4.69, 9.17) is 24.7 Å². The van der Waals surface area contributed by atoms with Crippen LogP contribution in [0.2, 0.25) is 0 Å². The van der Waals surface area contributed by atoms with Crippen molar-refractivity contribution in [3.05, 3.63) is 11.6 Å². The third kappa shape index (κ3) is 5.00. The summed E-state index contributed by atoms with van der Waals surface area (Å²) >= 11 is 0. The van der Waals surface area contributed by atoms with E-state index in [9.17, 15) is 19.3 Å². The van der Waals surface area contributed by atoms with E-state index in [-0.39, 0.29) is 12.0 Å². The molecule has 114 valence electrons. The second-order valence-electron chi connectivity index (χ2n) is 4.00. The van der Waals surface area contributed by atoms with Crippen molar-refractivity contribution in [3.8, 4) is 0 Å². The van der Waals surface area contributed by atoms with Crippen LogP contribution in [-0.2, 0) is 23.4 Å². The predicted octanol–water partition coefficient (Wildman–Crippen LogP) is -1.29. The van der Waals surface area contributed by atoms with Gasteiger partial charge in [-0.1, -0.05) is 0 Å². The summed E-state index contributed by atoms with van der Waals surface area (Å²) in [7, 11) is -4.96. The molecule has 0 aliphatic heterocycles. The van der Waals surface area contributed by atoms with Gasteiger partial charge in [0, 0.05) is 12.0 Å². The Labute approximate surface area is 112 Å². The molecule has 0 fully saturated rings. The van der Waals surface area contributed by atoms with Gasteiger partial charge in [-0.2, -0.15) is 0 Å². The fourth-order valence-corrected chi connectivity index (χ4v) is 2.16. The largest absolute Gasteiger partial charge is 0.480 e. The SMILES string of the molecule is O=C(O)CO[C@@H]1CC(C(=O)O)=C[C@@H](OP(=O)(O)O)[C@H]1O. The Hall–Kier alpha value is -1.29. The first-order chi connectivity index (χ1) is 9.10. The van der Waals surface area contributed by atoms with Crippen molar-refractivity contribution in [2.45, 2.75) is 24.7 Å². The van der Waals surface area contributed by atoms with Gasteiger partial charge in [-0.05, 0) is 6.08 Å².